The molecule has 3 rings (SSSR count). The number of fused-ring (bicyclic) bond motifs is 2. The molecular weight excluding hydrogens is 360 g/mol. The maximum atomic E-state index is 9.44. The van der Waals surface area contributed by atoms with Crippen LogP contribution < -0.4 is 9.47 Å². The van der Waals surface area contributed by atoms with Gasteiger partial charge in [0.1, 0.15) is 17.1 Å². The van der Waals surface area contributed by atoms with Gasteiger partial charge in [0.25, 0.3) is 0 Å². The first kappa shape index (κ1) is 21.6. The maximum Gasteiger partial charge on any atom is 0.179 e. The zero-order chi connectivity index (χ0) is 21.2. The van der Waals surface area contributed by atoms with Gasteiger partial charge in [-0.2, -0.15) is 5.26 Å². The van der Waals surface area contributed by atoms with E-state index in [9.17, 15) is 5.26 Å². The van der Waals surface area contributed by atoms with E-state index >= 15 is 0 Å². The lowest BCUT2D eigenvalue weighted by molar-refractivity contribution is 0.133. The highest BCUT2D eigenvalue weighted by Gasteiger charge is 2.39. The molecule has 0 spiro atoms. The van der Waals surface area contributed by atoms with Crippen LogP contribution in [0.4, 0.5) is 0 Å². The van der Waals surface area contributed by atoms with Gasteiger partial charge in [-0.25, -0.2) is 0 Å². The first-order valence-electron chi connectivity index (χ1n) is 11.1. The second kappa shape index (κ2) is 8.69. The Balaban J connectivity index is 2.00. The van der Waals surface area contributed by atoms with E-state index in [-0.39, 0.29) is 5.60 Å². The molecule has 0 bridgehead atoms. The van der Waals surface area contributed by atoms with E-state index < -0.39 is 0 Å². The van der Waals surface area contributed by atoms with Crippen LogP contribution in [0.1, 0.15) is 83.8 Å². The molecule has 2 unspecified atom stereocenters. The van der Waals surface area contributed by atoms with Crippen LogP contribution in [0, 0.1) is 17.4 Å². The van der Waals surface area contributed by atoms with Crippen molar-refractivity contribution in [2.45, 2.75) is 78.2 Å². The first-order chi connectivity index (χ1) is 13.8. The van der Waals surface area contributed by atoms with Crippen LogP contribution in [0.25, 0.3) is 5.57 Å². The number of methoxy groups -OCH3 is 1. The van der Waals surface area contributed by atoms with Gasteiger partial charge in [-0.1, -0.05) is 46.5 Å². The van der Waals surface area contributed by atoms with E-state index in [1.807, 2.05) is 4.90 Å². The number of benzene rings is 1. The zero-order valence-electron chi connectivity index (χ0n) is 19.0. The lowest BCUT2D eigenvalue weighted by Gasteiger charge is -2.41. The summed E-state index contributed by atoms with van der Waals surface area (Å²) in [7, 11) is 1.74. The summed E-state index contributed by atoms with van der Waals surface area (Å²) in [6.07, 6.45) is 8.26. The van der Waals surface area contributed by atoms with Crippen LogP contribution >= 0.6 is 0 Å². The van der Waals surface area contributed by atoms with Crippen molar-refractivity contribution in [1.29, 1.82) is 5.26 Å². The van der Waals surface area contributed by atoms with Gasteiger partial charge in [0, 0.05) is 6.54 Å². The van der Waals surface area contributed by atoms with Gasteiger partial charge in [0.05, 0.1) is 19.2 Å². The van der Waals surface area contributed by atoms with Gasteiger partial charge in [0.2, 0.25) is 0 Å². The average molecular weight is 397 g/mol. The van der Waals surface area contributed by atoms with Crippen molar-refractivity contribution in [3.8, 4) is 17.7 Å². The Labute approximate surface area is 176 Å². The van der Waals surface area contributed by atoms with Crippen molar-refractivity contribution < 1.29 is 9.47 Å². The summed E-state index contributed by atoms with van der Waals surface area (Å²) in [5, 5.41) is 9.44. The van der Waals surface area contributed by atoms with Gasteiger partial charge in [-0.05, 0) is 60.9 Å². The SMILES string of the molecule is CCCCCC(C)C(C)c1cc(OC)c2c(c1)OC(C)(C)C1=C2CN(C#N)CC1. The standard InChI is InChI=1S/C25H36N2O2/c1-7-8-9-10-17(2)18(3)19-13-22(28-6)24-20-15-27(16-26)12-11-21(20)25(4,5)29-23(24)14-19/h13-14,17-18H,7-12,15H2,1-6H3. The number of nitriles is 1. The molecule has 0 aliphatic carbocycles. The lowest BCUT2D eigenvalue weighted by atomic mass is 9.79. The molecule has 0 amide bonds. The topological polar surface area (TPSA) is 45.5 Å². The minimum Gasteiger partial charge on any atom is -0.496 e. The van der Waals surface area contributed by atoms with Crippen LogP contribution in [0.2, 0.25) is 0 Å². The molecule has 29 heavy (non-hydrogen) atoms. The Kier molecular flexibility index (Phi) is 6.46. The average Bonchev–Trinajstić information content (AvgIpc) is 2.71. The van der Waals surface area contributed by atoms with E-state index in [2.05, 4.69) is 52.9 Å². The van der Waals surface area contributed by atoms with E-state index in [1.165, 1.54) is 42.4 Å². The summed E-state index contributed by atoms with van der Waals surface area (Å²) in [5.41, 5.74) is 4.46. The number of hydrogen-bond donors (Lipinski definition) is 0. The van der Waals surface area contributed by atoms with E-state index in [4.69, 9.17) is 9.47 Å². The molecule has 2 heterocycles. The minimum absolute atomic E-state index is 0.358. The Morgan fingerprint density at radius 3 is 2.69 bits per heavy atom. The van der Waals surface area contributed by atoms with E-state index in [1.54, 1.807) is 7.11 Å². The Hall–Kier alpha value is -2.15. The Morgan fingerprint density at radius 2 is 2.03 bits per heavy atom. The van der Waals surface area contributed by atoms with Gasteiger partial charge >= 0.3 is 0 Å². The third-order valence-corrected chi connectivity index (χ3v) is 6.83. The largest absolute Gasteiger partial charge is 0.496 e. The third kappa shape index (κ3) is 4.25. The first-order valence-corrected chi connectivity index (χ1v) is 11.1. The number of ether oxygens (including phenoxy) is 2. The fourth-order valence-electron chi connectivity index (χ4n) is 4.79. The predicted molar refractivity (Wildman–Crippen MR) is 118 cm³/mol. The molecule has 2 aliphatic heterocycles. The molecular formula is C25H36N2O2. The predicted octanol–water partition coefficient (Wildman–Crippen LogP) is 6.13. The van der Waals surface area contributed by atoms with Gasteiger partial charge in [0.15, 0.2) is 6.19 Å². The zero-order valence-corrected chi connectivity index (χ0v) is 19.0. The van der Waals surface area contributed by atoms with Crippen molar-refractivity contribution in [2.24, 2.45) is 5.92 Å². The van der Waals surface area contributed by atoms with Crippen LogP contribution in [-0.2, 0) is 0 Å². The summed E-state index contributed by atoms with van der Waals surface area (Å²) >= 11 is 0. The highest BCUT2D eigenvalue weighted by atomic mass is 16.5. The van der Waals surface area contributed by atoms with Gasteiger partial charge in [-0.15, -0.1) is 0 Å². The van der Waals surface area contributed by atoms with E-state index in [0.717, 1.165) is 30.0 Å². The highest BCUT2D eigenvalue weighted by molar-refractivity contribution is 5.82. The number of hydrogen-bond acceptors (Lipinski definition) is 4. The molecule has 0 N–H and O–H groups in total. The molecule has 2 aliphatic rings. The van der Waals surface area contributed by atoms with E-state index in [0.29, 0.717) is 18.4 Å². The molecule has 4 nitrogen and oxygen atoms in total. The molecule has 1 aromatic rings. The lowest BCUT2D eigenvalue weighted by Crippen LogP contribution is -2.41. The fourth-order valence-corrected chi connectivity index (χ4v) is 4.79. The second-order valence-electron chi connectivity index (χ2n) is 9.20. The molecule has 0 saturated carbocycles. The summed E-state index contributed by atoms with van der Waals surface area (Å²) < 4.78 is 12.4. The minimum atomic E-state index is -0.358. The summed E-state index contributed by atoms with van der Waals surface area (Å²) in [5.74, 6) is 2.82. The number of rotatable bonds is 7. The third-order valence-electron chi connectivity index (χ3n) is 6.83. The van der Waals surface area contributed by atoms with Crippen molar-refractivity contribution in [3.63, 3.8) is 0 Å². The van der Waals surface area contributed by atoms with Crippen LogP contribution in [0.3, 0.4) is 0 Å². The monoisotopic (exact) mass is 396 g/mol. The van der Waals surface area contributed by atoms with Gasteiger partial charge in [-0.3, -0.25) is 0 Å². The summed E-state index contributed by atoms with van der Waals surface area (Å²) in [6.45, 7) is 12.6. The quantitative estimate of drug-likeness (QED) is 0.411. The molecule has 0 saturated heterocycles. The molecule has 158 valence electrons. The van der Waals surface area contributed by atoms with Crippen LogP contribution in [0.5, 0.6) is 11.5 Å². The normalized spacial score (nSPS) is 19.6. The molecule has 1 aromatic carbocycles. The summed E-state index contributed by atoms with van der Waals surface area (Å²) in [4.78, 5) is 1.83. The van der Waals surface area contributed by atoms with Crippen molar-refractivity contribution in [2.75, 3.05) is 20.2 Å². The van der Waals surface area contributed by atoms with Crippen LogP contribution in [0.15, 0.2) is 17.7 Å². The molecule has 0 radical (unpaired) electrons. The van der Waals surface area contributed by atoms with Crippen molar-refractivity contribution in [3.05, 3.63) is 28.8 Å². The highest BCUT2D eigenvalue weighted by Crippen LogP contribution is 2.49. The van der Waals surface area contributed by atoms with Gasteiger partial charge < -0.3 is 14.4 Å². The smallest absolute Gasteiger partial charge is 0.179 e. The molecule has 0 fully saturated rings. The second-order valence-corrected chi connectivity index (χ2v) is 9.20. The van der Waals surface area contributed by atoms with Crippen molar-refractivity contribution >= 4 is 5.57 Å². The van der Waals surface area contributed by atoms with Crippen molar-refractivity contribution in [1.82, 2.24) is 4.90 Å². The maximum absolute atomic E-state index is 9.44. The molecule has 2 atom stereocenters. The Bertz CT molecular complexity index is 819. The molecule has 0 aromatic heterocycles. The Morgan fingerprint density at radius 1 is 1.28 bits per heavy atom. The summed E-state index contributed by atoms with van der Waals surface area (Å²) in [6, 6.07) is 4.41. The number of unbranched alkanes of at least 4 members (excludes halogenated alkanes) is 2. The number of nitrogens with zero attached hydrogens (tertiary/aromatic N) is 2. The fraction of sp³-hybridized carbons (Fsp3) is 0.640. The molecule has 4 heteroatoms. The van der Waals surface area contributed by atoms with Crippen LogP contribution in [-0.4, -0.2) is 30.7 Å².